The predicted molar refractivity (Wildman–Crippen MR) is 87.9 cm³/mol. The van der Waals surface area contributed by atoms with Crippen molar-refractivity contribution in [3.63, 3.8) is 0 Å². The molecule has 0 aliphatic heterocycles. The molecule has 120 valence electrons. The molecule has 0 radical (unpaired) electrons. The fourth-order valence-corrected chi connectivity index (χ4v) is 2.66. The summed E-state index contributed by atoms with van der Waals surface area (Å²) in [5, 5.41) is 10.7. The molecule has 2 heterocycles. The van der Waals surface area contributed by atoms with Gasteiger partial charge in [0.2, 0.25) is 5.89 Å². The van der Waals surface area contributed by atoms with E-state index in [0.29, 0.717) is 18.2 Å². The van der Waals surface area contributed by atoms with Crippen molar-refractivity contribution in [1.29, 1.82) is 0 Å². The summed E-state index contributed by atoms with van der Waals surface area (Å²) in [7, 11) is 0. The number of oxazole rings is 1. The lowest BCUT2D eigenvalue weighted by atomic mass is 10.3. The van der Waals surface area contributed by atoms with Crippen LogP contribution in [0.15, 0.2) is 46.2 Å². The molecule has 0 aliphatic rings. The molecule has 5 nitrogen and oxygen atoms in total. The van der Waals surface area contributed by atoms with Gasteiger partial charge in [0, 0.05) is 0 Å². The summed E-state index contributed by atoms with van der Waals surface area (Å²) in [6, 6.07) is 11.2. The molecule has 0 aliphatic carbocycles. The van der Waals surface area contributed by atoms with Crippen LogP contribution in [0.2, 0.25) is 0 Å². The van der Waals surface area contributed by atoms with Crippen molar-refractivity contribution in [2.24, 2.45) is 0 Å². The van der Waals surface area contributed by atoms with E-state index in [1.54, 1.807) is 23.5 Å². The summed E-state index contributed by atoms with van der Waals surface area (Å²) in [5.74, 6) is 2.81. The number of hydrogen-bond donors (Lipinski definition) is 1. The summed E-state index contributed by atoms with van der Waals surface area (Å²) in [6.45, 7) is 2.51. The molecule has 23 heavy (non-hydrogen) atoms. The number of aromatic nitrogens is 1. The number of aryl methyl sites for hydroxylation is 1. The number of nitrogens with zero attached hydrogens (tertiary/aromatic N) is 1. The smallest absolute Gasteiger partial charge is 0.236 e. The first-order valence-electron chi connectivity index (χ1n) is 7.23. The Labute approximate surface area is 138 Å². The van der Waals surface area contributed by atoms with Gasteiger partial charge in [-0.25, -0.2) is 4.98 Å². The molecule has 1 N–H and O–H groups in total. The average molecular weight is 331 g/mol. The zero-order chi connectivity index (χ0) is 16.1. The Bertz CT molecular complexity index is 735. The van der Waals surface area contributed by atoms with Crippen molar-refractivity contribution >= 4 is 11.3 Å². The van der Waals surface area contributed by atoms with Gasteiger partial charge < -0.3 is 19.0 Å². The van der Waals surface area contributed by atoms with Crippen LogP contribution in [0.1, 0.15) is 11.5 Å². The van der Waals surface area contributed by atoms with Gasteiger partial charge in [0.15, 0.2) is 0 Å². The lowest BCUT2D eigenvalue weighted by Crippen LogP contribution is -2.01. The van der Waals surface area contributed by atoms with Crippen molar-refractivity contribution in [2.45, 2.75) is 13.5 Å². The molecule has 0 saturated heterocycles. The van der Waals surface area contributed by atoms with Gasteiger partial charge in [0.25, 0.3) is 0 Å². The van der Waals surface area contributed by atoms with E-state index in [9.17, 15) is 0 Å². The molecule has 0 saturated carbocycles. The third kappa shape index (κ3) is 3.91. The minimum atomic E-state index is -0.00371. The van der Waals surface area contributed by atoms with E-state index in [1.165, 1.54) is 0 Å². The molecule has 3 rings (SSSR count). The van der Waals surface area contributed by atoms with Gasteiger partial charge in [-0.2, -0.15) is 0 Å². The fraction of sp³-hybridized carbons (Fsp3) is 0.235. The van der Waals surface area contributed by atoms with Crippen LogP contribution in [0, 0.1) is 6.92 Å². The van der Waals surface area contributed by atoms with Crippen molar-refractivity contribution < 1.29 is 19.0 Å². The minimum absolute atomic E-state index is 0.00371. The Hall–Kier alpha value is -2.31. The van der Waals surface area contributed by atoms with Crippen LogP contribution in [-0.4, -0.2) is 23.3 Å². The monoisotopic (exact) mass is 331 g/mol. The SMILES string of the molecule is Cc1oc(-c2cccs2)nc1COc1ccc(OCCO)cc1. The van der Waals surface area contributed by atoms with Crippen molar-refractivity contribution in [2.75, 3.05) is 13.2 Å². The Morgan fingerprint density at radius 3 is 2.52 bits per heavy atom. The summed E-state index contributed by atoms with van der Waals surface area (Å²) < 4.78 is 16.7. The van der Waals surface area contributed by atoms with Gasteiger partial charge in [-0.15, -0.1) is 11.3 Å². The first-order chi connectivity index (χ1) is 11.3. The van der Waals surface area contributed by atoms with E-state index in [-0.39, 0.29) is 13.2 Å². The average Bonchev–Trinajstić information content (AvgIpc) is 3.21. The summed E-state index contributed by atoms with van der Waals surface area (Å²) in [5.41, 5.74) is 0.786. The highest BCUT2D eigenvalue weighted by Gasteiger charge is 2.12. The molecule has 0 unspecified atom stereocenters. The third-order valence-corrected chi connectivity index (χ3v) is 4.04. The molecule has 0 bridgehead atoms. The van der Waals surface area contributed by atoms with Gasteiger partial charge >= 0.3 is 0 Å². The maximum absolute atomic E-state index is 8.72. The van der Waals surface area contributed by atoms with Crippen LogP contribution in [0.25, 0.3) is 10.8 Å². The molecule has 3 aromatic rings. The normalized spacial score (nSPS) is 10.7. The van der Waals surface area contributed by atoms with Crippen molar-refractivity contribution in [3.8, 4) is 22.3 Å². The van der Waals surface area contributed by atoms with Crippen LogP contribution in [0.4, 0.5) is 0 Å². The molecule has 0 spiro atoms. The Morgan fingerprint density at radius 1 is 1.13 bits per heavy atom. The lowest BCUT2D eigenvalue weighted by molar-refractivity contribution is 0.201. The van der Waals surface area contributed by atoms with Crippen LogP contribution < -0.4 is 9.47 Å². The maximum Gasteiger partial charge on any atom is 0.236 e. The van der Waals surface area contributed by atoms with Crippen LogP contribution in [0.5, 0.6) is 11.5 Å². The first-order valence-corrected chi connectivity index (χ1v) is 8.11. The molecule has 0 fully saturated rings. The number of thiophene rings is 1. The zero-order valence-corrected chi connectivity index (χ0v) is 13.5. The Balaban J connectivity index is 1.62. The highest BCUT2D eigenvalue weighted by atomic mass is 32.1. The van der Waals surface area contributed by atoms with E-state index >= 15 is 0 Å². The van der Waals surface area contributed by atoms with Crippen LogP contribution >= 0.6 is 11.3 Å². The quantitative estimate of drug-likeness (QED) is 0.716. The summed E-state index contributed by atoms with van der Waals surface area (Å²) in [6.07, 6.45) is 0. The molecular weight excluding hydrogens is 314 g/mol. The number of benzene rings is 1. The molecule has 1 aromatic carbocycles. The number of aliphatic hydroxyl groups excluding tert-OH is 1. The van der Waals surface area contributed by atoms with Gasteiger partial charge in [-0.05, 0) is 42.6 Å². The molecular formula is C17H17NO4S. The number of ether oxygens (including phenoxy) is 2. The molecule has 0 atom stereocenters. The number of hydrogen-bond acceptors (Lipinski definition) is 6. The van der Waals surface area contributed by atoms with Gasteiger partial charge in [0.1, 0.15) is 36.2 Å². The van der Waals surface area contributed by atoms with E-state index in [1.807, 2.05) is 36.6 Å². The first kappa shape index (κ1) is 15.6. The topological polar surface area (TPSA) is 64.7 Å². The predicted octanol–water partition coefficient (Wildman–Crippen LogP) is 3.66. The number of rotatable bonds is 7. The van der Waals surface area contributed by atoms with Crippen molar-refractivity contribution in [3.05, 3.63) is 53.2 Å². The second-order valence-corrected chi connectivity index (χ2v) is 5.78. The zero-order valence-electron chi connectivity index (χ0n) is 12.7. The Kier molecular flexibility index (Phi) is 4.95. The van der Waals surface area contributed by atoms with Crippen LogP contribution in [-0.2, 0) is 6.61 Å². The van der Waals surface area contributed by atoms with Gasteiger partial charge in [-0.3, -0.25) is 0 Å². The van der Waals surface area contributed by atoms with E-state index in [4.69, 9.17) is 19.0 Å². The summed E-state index contributed by atoms with van der Waals surface area (Å²) in [4.78, 5) is 5.50. The largest absolute Gasteiger partial charge is 0.491 e. The van der Waals surface area contributed by atoms with E-state index < -0.39 is 0 Å². The lowest BCUT2D eigenvalue weighted by Gasteiger charge is -2.07. The highest BCUT2D eigenvalue weighted by molar-refractivity contribution is 7.13. The number of aliphatic hydroxyl groups is 1. The molecule has 6 heteroatoms. The second kappa shape index (κ2) is 7.30. The molecule has 0 amide bonds. The summed E-state index contributed by atoms with van der Waals surface area (Å²) >= 11 is 1.59. The van der Waals surface area contributed by atoms with E-state index in [0.717, 1.165) is 22.1 Å². The van der Waals surface area contributed by atoms with Gasteiger partial charge in [-0.1, -0.05) is 6.07 Å². The maximum atomic E-state index is 8.72. The van der Waals surface area contributed by atoms with Crippen molar-refractivity contribution in [1.82, 2.24) is 4.98 Å². The Morgan fingerprint density at radius 2 is 1.87 bits per heavy atom. The minimum Gasteiger partial charge on any atom is -0.491 e. The fourth-order valence-electron chi connectivity index (χ4n) is 2.01. The van der Waals surface area contributed by atoms with Crippen LogP contribution in [0.3, 0.4) is 0 Å². The van der Waals surface area contributed by atoms with Gasteiger partial charge in [0.05, 0.1) is 11.5 Å². The standard InChI is InChI=1S/C17H17NO4S/c1-12-15(18-17(22-12)16-3-2-10-23-16)11-21-14-6-4-13(5-7-14)20-9-8-19/h2-7,10,19H,8-9,11H2,1H3. The third-order valence-electron chi connectivity index (χ3n) is 3.18. The molecule has 2 aromatic heterocycles. The second-order valence-electron chi connectivity index (χ2n) is 4.83. The highest BCUT2D eigenvalue weighted by Crippen LogP contribution is 2.26. The van der Waals surface area contributed by atoms with E-state index in [2.05, 4.69) is 4.98 Å².